The number of hydrogen-bond donors (Lipinski definition) is 0. The Labute approximate surface area is 105 Å². The van der Waals surface area contributed by atoms with Gasteiger partial charge in [0.05, 0.1) is 18.4 Å². The van der Waals surface area contributed by atoms with Crippen LogP contribution in [-0.2, 0) is 20.5 Å². The number of carbonyl (C=O) groups excluding carboxylic acids is 2. The molecule has 2 rings (SSSR count). The van der Waals surface area contributed by atoms with Crippen molar-refractivity contribution in [3.63, 3.8) is 0 Å². The Morgan fingerprint density at radius 3 is 2.21 bits per heavy atom. The van der Waals surface area contributed by atoms with Gasteiger partial charge in [0.25, 0.3) is 0 Å². The minimum absolute atomic E-state index is 0.265. The van der Waals surface area contributed by atoms with E-state index in [4.69, 9.17) is 0 Å². The molecule has 102 valence electrons. The molecule has 0 amide bonds. The number of carbonyl (C=O) groups is 2. The van der Waals surface area contributed by atoms with Crippen LogP contribution in [-0.4, -0.2) is 11.9 Å². The van der Waals surface area contributed by atoms with Crippen molar-refractivity contribution < 1.29 is 31.9 Å². The van der Waals surface area contributed by atoms with Crippen LogP contribution in [0.25, 0.3) is 0 Å². The van der Waals surface area contributed by atoms with Gasteiger partial charge in [-0.25, -0.2) is 4.39 Å². The summed E-state index contributed by atoms with van der Waals surface area (Å²) in [4.78, 5) is 22.2. The smallest absolute Gasteiger partial charge is 0.393 e. The Bertz CT molecular complexity index is 520. The second-order valence-electron chi connectivity index (χ2n) is 4.18. The first-order valence-corrected chi connectivity index (χ1v) is 5.37. The summed E-state index contributed by atoms with van der Waals surface area (Å²) in [5.74, 6) is -3.72. The number of alkyl halides is 3. The van der Waals surface area contributed by atoms with Gasteiger partial charge in [-0.05, 0) is 17.7 Å². The highest BCUT2D eigenvalue weighted by Crippen LogP contribution is 2.39. The fourth-order valence-corrected chi connectivity index (χ4v) is 2.03. The summed E-state index contributed by atoms with van der Waals surface area (Å²) in [5.41, 5.74) is -1.43. The van der Waals surface area contributed by atoms with Gasteiger partial charge in [-0.1, -0.05) is 6.07 Å². The molecule has 1 aliphatic rings. The molecule has 19 heavy (non-hydrogen) atoms. The molecular formula is C12H8F4O3. The Kier molecular flexibility index (Phi) is 3.30. The van der Waals surface area contributed by atoms with Crippen molar-refractivity contribution in [2.75, 3.05) is 0 Å². The van der Waals surface area contributed by atoms with Crippen molar-refractivity contribution in [3.8, 4) is 0 Å². The number of ether oxygens (including phenoxy) is 1. The second-order valence-corrected chi connectivity index (χ2v) is 4.18. The van der Waals surface area contributed by atoms with E-state index in [0.717, 1.165) is 12.1 Å². The summed E-state index contributed by atoms with van der Waals surface area (Å²) >= 11 is 0. The van der Waals surface area contributed by atoms with E-state index in [2.05, 4.69) is 4.74 Å². The first-order chi connectivity index (χ1) is 8.77. The van der Waals surface area contributed by atoms with Crippen molar-refractivity contribution in [3.05, 3.63) is 35.1 Å². The van der Waals surface area contributed by atoms with Crippen molar-refractivity contribution in [2.24, 2.45) is 0 Å². The summed E-state index contributed by atoms with van der Waals surface area (Å²) in [7, 11) is 0. The lowest BCUT2D eigenvalue weighted by Gasteiger charge is -2.23. The Hall–Kier alpha value is -1.92. The van der Waals surface area contributed by atoms with Gasteiger partial charge in [-0.3, -0.25) is 9.59 Å². The molecule has 0 N–H and O–H groups in total. The molecule has 0 radical (unpaired) electrons. The zero-order valence-corrected chi connectivity index (χ0v) is 9.46. The zero-order chi connectivity index (χ0) is 14.2. The van der Waals surface area contributed by atoms with Gasteiger partial charge in [-0.15, -0.1) is 0 Å². The molecule has 0 unspecified atom stereocenters. The first kappa shape index (κ1) is 13.5. The lowest BCUT2D eigenvalue weighted by atomic mass is 9.87. The molecule has 7 heteroatoms. The zero-order valence-electron chi connectivity index (χ0n) is 9.46. The standard InChI is InChI=1S/C12H8F4O3/c13-7-1-2-8(9(5-7)12(14,15)16)6-3-10(17)19-11(18)4-6/h1-2,5-6H,3-4H2. The van der Waals surface area contributed by atoms with Gasteiger partial charge >= 0.3 is 18.1 Å². The molecular weight excluding hydrogens is 268 g/mol. The van der Waals surface area contributed by atoms with Crippen LogP contribution >= 0.6 is 0 Å². The summed E-state index contributed by atoms with van der Waals surface area (Å²) in [6.45, 7) is 0. The van der Waals surface area contributed by atoms with E-state index >= 15 is 0 Å². The van der Waals surface area contributed by atoms with Gasteiger partial charge in [-0.2, -0.15) is 13.2 Å². The van der Waals surface area contributed by atoms with Crippen molar-refractivity contribution in [1.29, 1.82) is 0 Å². The molecule has 1 aromatic rings. The van der Waals surface area contributed by atoms with Crippen molar-refractivity contribution >= 4 is 11.9 Å². The van der Waals surface area contributed by atoms with E-state index in [1.165, 1.54) is 0 Å². The van der Waals surface area contributed by atoms with Gasteiger partial charge in [0, 0.05) is 5.92 Å². The van der Waals surface area contributed by atoms with E-state index in [1.807, 2.05) is 0 Å². The second kappa shape index (κ2) is 4.64. The first-order valence-electron chi connectivity index (χ1n) is 5.37. The quantitative estimate of drug-likeness (QED) is 0.450. The normalized spacial score (nSPS) is 17.5. The van der Waals surface area contributed by atoms with Gasteiger partial charge < -0.3 is 4.74 Å². The summed E-state index contributed by atoms with van der Waals surface area (Å²) in [6.07, 6.45) is -5.41. The molecule has 1 fully saturated rings. The predicted octanol–water partition coefficient (Wildman–Crippen LogP) is 2.79. The van der Waals surface area contributed by atoms with E-state index in [-0.39, 0.29) is 18.4 Å². The van der Waals surface area contributed by atoms with Crippen molar-refractivity contribution in [2.45, 2.75) is 24.9 Å². The maximum Gasteiger partial charge on any atom is 0.416 e. The topological polar surface area (TPSA) is 43.4 Å². The lowest BCUT2D eigenvalue weighted by Crippen LogP contribution is -2.26. The fourth-order valence-electron chi connectivity index (χ4n) is 2.03. The van der Waals surface area contributed by atoms with E-state index in [9.17, 15) is 27.2 Å². The Morgan fingerprint density at radius 1 is 1.11 bits per heavy atom. The van der Waals surface area contributed by atoms with Crippen molar-refractivity contribution in [1.82, 2.24) is 0 Å². The van der Waals surface area contributed by atoms with Gasteiger partial charge in [0.1, 0.15) is 5.82 Å². The number of cyclic esters (lactones) is 2. The summed E-state index contributed by atoms with van der Waals surface area (Å²) in [6, 6.07) is 2.18. The van der Waals surface area contributed by atoms with Gasteiger partial charge in [0.15, 0.2) is 0 Å². The molecule has 1 aliphatic heterocycles. The lowest BCUT2D eigenvalue weighted by molar-refractivity contribution is -0.164. The maximum atomic E-state index is 12.9. The van der Waals surface area contributed by atoms with E-state index in [1.54, 1.807) is 0 Å². The minimum atomic E-state index is -4.75. The summed E-state index contributed by atoms with van der Waals surface area (Å²) in [5, 5.41) is 0. The van der Waals surface area contributed by atoms with Crippen LogP contribution in [0.4, 0.5) is 17.6 Å². The number of rotatable bonds is 1. The van der Waals surface area contributed by atoms with Crippen LogP contribution in [0.1, 0.15) is 29.9 Å². The maximum absolute atomic E-state index is 12.9. The largest absolute Gasteiger partial charge is 0.416 e. The number of benzene rings is 1. The molecule has 0 spiro atoms. The fraction of sp³-hybridized carbons (Fsp3) is 0.333. The van der Waals surface area contributed by atoms with Crippen LogP contribution in [0.15, 0.2) is 18.2 Å². The number of halogens is 4. The minimum Gasteiger partial charge on any atom is -0.393 e. The average molecular weight is 276 g/mol. The molecule has 0 aliphatic carbocycles. The van der Waals surface area contributed by atoms with E-state index in [0.29, 0.717) is 6.07 Å². The van der Waals surface area contributed by atoms with Crippen LogP contribution < -0.4 is 0 Å². The molecule has 1 saturated heterocycles. The number of esters is 2. The van der Waals surface area contributed by atoms with Crippen LogP contribution in [0, 0.1) is 5.82 Å². The molecule has 3 nitrogen and oxygen atoms in total. The highest BCUT2D eigenvalue weighted by Gasteiger charge is 2.38. The van der Waals surface area contributed by atoms with Crippen LogP contribution in [0.2, 0.25) is 0 Å². The van der Waals surface area contributed by atoms with Crippen LogP contribution in [0.3, 0.4) is 0 Å². The summed E-state index contributed by atoms with van der Waals surface area (Å²) < 4.78 is 55.6. The Morgan fingerprint density at radius 2 is 1.68 bits per heavy atom. The highest BCUT2D eigenvalue weighted by molar-refractivity contribution is 5.89. The molecule has 0 atom stereocenters. The third-order valence-electron chi connectivity index (χ3n) is 2.81. The number of hydrogen-bond acceptors (Lipinski definition) is 3. The molecule has 0 saturated carbocycles. The molecule has 0 aromatic heterocycles. The third kappa shape index (κ3) is 2.91. The van der Waals surface area contributed by atoms with Gasteiger partial charge in [0.2, 0.25) is 0 Å². The SMILES string of the molecule is O=C1CC(c2ccc(F)cc2C(F)(F)F)CC(=O)O1. The Balaban J connectivity index is 2.44. The predicted molar refractivity (Wildman–Crippen MR) is 54.5 cm³/mol. The third-order valence-corrected chi connectivity index (χ3v) is 2.81. The monoisotopic (exact) mass is 276 g/mol. The molecule has 1 aromatic carbocycles. The van der Waals surface area contributed by atoms with Crippen LogP contribution in [0.5, 0.6) is 0 Å². The molecule has 1 heterocycles. The average Bonchev–Trinajstić information content (AvgIpc) is 2.26. The highest BCUT2D eigenvalue weighted by atomic mass is 19.4. The van der Waals surface area contributed by atoms with E-state index < -0.39 is 35.4 Å². The molecule has 0 bridgehead atoms.